The van der Waals surface area contributed by atoms with E-state index < -0.39 is 6.10 Å². The van der Waals surface area contributed by atoms with Gasteiger partial charge in [-0.2, -0.15) is 0 Å². The molecule has 3 rings (SSSR count). The molecule has 1 unspecified atom stereocenters. The van der Waals surface area contributed by atoms with E-state index in [1.807, 2.05) is 42.5 Å². The first-order valence-electron chi connectivity index (χ1n) is 8.12. The highest BCUT2D eigenvalue weighted by atomic mass is 35.5. The van der Waals surface area contributed by atoms with Crippen LogP contribution in [0.4, 0.5) is 5.69 Å². The Morgan fingerprint density at radius 1 is 1.13 bits per heavy atom. The van der Waals surface area contributed by atoms with Crippen LogP contribution in [0.2, 0.25) is 5.02 Å². The Morgan fingerprint density at radius 3 is 2.48 bits per heavy atom. The van der Waals surface area contributed by atoms with Crippen LogP contribution < -0.4 is 5.73 Å². The van der Waals surface area contributed by atoms with Crippen LogP contribution in [0.15, 0.2) is 48.5 Å². The summed E-state index contributed by atoms with van der Waals surface area (Å²) in [4.78, 5) is 2.43. The fourth-order valence-electron chi connectivity index (χ4n) is 3.31. The Balaban J connectivity index is 1.54. The lowest BCUT2D eigenvalue weighted by Gasteiger charge is -2.34. The molecular weight excluding hydrogens is 308 g/mol. The average molecular weight is 331 g/mol. The summed E-state index contributed by atoms with van der Waals surface area (Å²) in [5, 5.41) is 11.3. The van der Waals surface area contributed by atoms with Crippen molar-refractivity contribution in [3.63, 3.8) is 0 Å². The van der Waals surface area contributed by atoms with Gasteiger partial charge in [-0.25, -0.2) is 0 Å². The zero-order valence-electron chi connectivity index (χ0n) is 13.2. The van der Waals surface area contributed by atoms with Gasteiger partial charge in [-0.1, -0.05) is 35.9 Å². The molecule has 0 bridgehead atoms. The van der Waals surface area contributed by atoms with Crippen molar-refractivity contribution in [1.29, 1.82) is 0 Å². The zero-order valence-corrected chi connectivity index (χ0v) is 13.9. The molecule has 0 aliphatic carbocycles. The minimum absolute atomic E-state index is 0.313. The minimum Gasteiger partial charge on any atom is -0.399 e. The van der Waals surface area contributed by atoms with Gasteiger partial charge < -0.3 is 10.8 Å². The molecule has 1 aliphatic rings. The maximum Gasteiger partial charge on any atom is 0.0819 e. The number of rotatable bonds is 4. The molecule has 23 heavy (non-hydrogen) atoms. The van der Waals surface area contributed by atoms with Crippen molar-refractivity contribution in [2.24, 2.45) is 5.92 Å². The van der Waals surface area contributed by atoms with Gasteiger partial charge in [0.1, 0.15) is 0 Å². The van der Waals surface area contributed by atoms with Crippen molar-refractivity contribution in [1.82, 2.24) is 4.90 Å². The number of piperidine rings is 1. The highest BCUT2D eigenvalue weighted by molar-refractivity contribution is 6.30. The van der Waals surface area contributed by atoms with Gasteiger partial charge in [-0.15, -0.1) is 0 Å². The third kappa shape index (κ3) is 4.25. The first kappa shape index (κ1) is 16.3. The first-order valence-corrected chi connectivity index (χ1v) is 8.50. The number of aliphatic hydroxyl groups is 1. The molecule has 0 saturated carbocycles. The smallest absolute Gasteiger partial charge is 0.0819 e. The number of halogens is 1. The molecule has 3 nitrogen and oxygen atoms in total. The van der Waals surface area contributed by atoms with E-state index in [9.17, 15) is 5.11 Å². The molecule has 1 heterocycles. The summed E-state index contributed by atoms with van der Waals surface area (Å²) in [6, 6.07) is 15.6. The van der Waals surface area contributed by atoms with Crippen molar-refractivity contribution in [3.05, 3.63) is 64.7 Å². The van der Waals surface area contributed by atoms with Gasteiger partial charge in [0.25, 0.3) is 0 Å². The van der Waals surface area contributed by atoms with Gasteiger partial charge >= 0.3 is 0 Å². The normalized spacial score (nSPS) is 18.0. The lowest BCUT2D eigenvalue weighted by atomic mass is 9.87. The maximum atomic E-state index is 10.6. The Morgan fingerprint density at radius 2 is 1.83 bits per heavy atom. The van der Waals surface area contributed by atoms with E-state index in [-0.39, 0.29) is 0 Å². The SMILES string of the molecule is Nc1cccc(CN2CCC(C(O)c3ccc(Cl)cc3)CC2)c1. The van der Waals surface area contributed by atoms with Gasteiger partial charge in [0.2, 0.25) is 0 Å². The fraction of sp³-hybridized carbons (Fsp3) is 0.368. The summed E-state index contributed by atoms with van der Waals surface area (Å²) in [5.74, 6) is 0.313. The van der Waals surface area contributed by atoms with E-state index in [0.29, 0.717) is 10.9 Å². The zero-order chi connectivity index (χ0) is 16.2. The van der Waals surface area contributed by atoms with Crippen LogP contribution in [0.3, 0.4) is 0 Å². The standard InChI is InChI=1S/C19H23ClN2O/c20-17-6-4-15(5-7-17)19(23)16-8-10-22(11-9-16)13-14-2-1-3-18(21)12-14/h1-7,12,16,19,23H,8-11,13,21H2. The number of hydrogen-bond acceptors (Lipinski definition) is 3. The number of nitrogens with zero attached hydrogens (tertiary/aromatic N) is 1. The van der Waals surface area contributed by atoms with E-state index in [4.69, 9.17) is 17.3 Å². The van der Waals surface area contributed by atoms with Gasteiger partial charge in [-0.3, -0.25) is 4.90 Å². The number of nitrogen functional groups attached to an aromatic ring is 1. The number of likely N-dealkylation sites (tertiary alicyclic amines) is 1. The molecule has 1 fully saturated rings. The van der Waals surface area contributed by atoms with Crippen LogP contribution in [0.5, 0.6) is 0 Å². The van der Waals surface area contributed by atoms with E-state index in [1.54, 1.807) is 0 Å². The minimum atomic E-state index is -0.401. The summed E-state index contributed by atoms with van der Waals surface area (Å²) in [6.07, 6.45) is 1.61. The average Bonchev–Trinajstić information content (AvgIpc) is 2.56. The third-order valence-electron chi connectivity index (χ3n) is 4.65. The summed E-state index contributed by atoms with van der Waals surface area (Å²) < 4.78 is 0. The predicted octanol–water partition coefficient (Wildman–Crippen LogP) is 3.87. The van der Waals surface area contributed by atoms with Gasteiger partial charge in [0, 0.05) is 17.3 Å². The molecule has 1 aliphatic heterocycles. The molecule has 122 valence electrons. The number of benzene rings is 2. The van der Waals surface area contributed by atoms with E-state index in [2.05, 4.69) is 11.0 Å². The lowest BCUT2D eigenvalue weighted by Crippen LogP contribution is -2.35. The number of anilines is 1. The molecule has 2 aromatic carbocycles. The van der Waals surface area contributed by atoms with Gasteiger partial charge in [-0.05, 0) is 67.2 Å². The van der Waals surface area contributed by atoms with Crippen LogP contribution in [-0.2, 0) is 6.54 Å². The van der Waals surface area contributed by atoms with Crippen molar-refractivity contribution < 1.29 is 5.11 Å². The Labute approximate surface area is 142 Å². The van der Waals surface area contributed by atoms with Crippen molar-refractivity contribution in [2.75, 3.05) is 18.8 Å². The Kier molecular flexibility index (Phi) is 5.21. The number of nitrogens with two attached hydrogens (primary N) is 1. The third-order valence-corrected chi connectivity index (χ3v) is 4.90. The van der Waals surface area contributed by atoms with Gasteiger partial charge in [0.15, 0.2) is 0 Å². The summed E-state index contributed by atoms with van der Waals surface area (Å²) in [6.45, 7) is 2.93. The lowest BCUT2D eigenvalue weighted by molar-refractivity contribution is 0.0568. The maximum absolute atomic E-state index is 10.6. The van der Waals surface area contributed by atoms with Gasteiger partial charge in [0.05, 0.1) is 6.10 Å². The molecule has 1 atom stereocenters. The van der Waals surface area contributed by atoms with Crippen LogP contribution in [0.25, 0.3) is 0 Å². The van der Waals surface area contributed by atoms with Crippen LogP contribution >= 0.6 is 11.6 Å². The van der Waals surface area contributed by atoms with E-state index in [0.717, 1.165) is 43.7 Å². The van der Waals surface area contributed by atoms with E-state index in [1.165, 1.54) is 5.56 Å². The topological polar surface area (TPSA) is 49.5 Å². The summed E-state index contributed by atoms with van der Waals surface area (Å²) in [5.41, 5.74) is 8.87. The van der Waals surface area contributed by atoms with Crippen molar-refractivity contribution >= 4 is 17.3 Å². The second-order valence-corrected chi connectivity index (χ2v) is 6.79. The van der Waals surface area contributed by atoms with Crippen LogP contribution in [0.1, 0.15) is 30.1 Å². The quantitative estimate of drug-likeness (QED) is 0.837. The Hall–Kier alpha value is -1.55. The molecule has 0 spiro atoms. The summed E-state index contributed by atoms with van der Waals surface area (Å²) >= 11 is 5.91. The Bertz CT molecular complexity index is 636. The molecular formula is C19H23ClN2O. The van der Waals surface area contributed by atoms with Crippen molar-refractivity contribution in [2.45, 2.75) is 25.5 Å². The van der Waals surface area contributed by atoms with Crippen molar-refractivity contribution in [3.8, 4) is 0 Å². The predicted molar refractivity (Wildman–Crippen MR) is 95.3 cm³/mol. The highest BCUT2D eigenvalue weighted by Gasteiger charge is 2.26. The first-order chi connectivity index (χ1) is 11.1. The molecule has 3 N–H and O–H groups in total. The fourth-order valence-corrected chi connectivity index (χ4v) is 3.43. The largest absolute Gasteiger partial charge is 0.399 e. The molecule has 0 radical (unpaired) electrons. The second kappa shape index (κ2) is 7.35. The second-order valence-electron chi connectivity index (χ2n) is 6.36. The number of aliphatic hydroxyl groups excluding tert-OH is 1. The highest BCUT2D eigenvalue weighted by Crippen LogP contribution is 2.31. The molecule has 1 saturated heterocycles. The molecule has 2 aromatic rings. The monoisotopic (exact) mass is 330 g/mol. The summed E-state index contributed by atoms with van der Waals surface area (Å²) in [7, 11) is 0. The molecule has 4 heteroatoms. The molecule has 0 aromatic heterocycles. The molecule has 0 amide bonds. The van der Waals surface area contributed by atoms with E-state index >= 15 is 0 Å². The number of hydrogen-bond donors (Lipinski definition) is 2. The van der Waals surface area contributed by atoms with Crippen LogP contribution in [-0.4, -0.2) is 23.1 Å². The van der Waals surface area contributed by atoms with Crippen LogP contribution in [0, 0.1) is 5.92 Å².